The SMILES string of the molecule is CC(Sc1nc2ccccc2c(=O)n1C(C)C)C(=O)NC(C)(C#N)C(C)C. The molecule has 6 nitrogen and oxygen atoms in total. The smallest absolute Gasteiger partial charge is 0.262 e. The molecule has 7 heteroatoms. The Morgan fingerprint density at radius 2 is 1.89 bits per heavy atom. The maximum Gasteiger partial charge on any atom is 0.262 e. The highest BCUT2D eigenvalue weighted by Gasteiger charge is 2.32. The van der Waals surface area contributed by atoms with Crippen molar-refractivity contribution in [2.75, 3.05) is 0 Å². The second kappa shape index (κ2) is 8.13. The molecule has 0 aliphatic carbocycles. The average Bonchev–Trinajstić information content (AvgIpc) is 2.61. The molecule has 0 fully saturated rings. The quantitative estimate of drug-likeness (QED) is 0.606. The van der Waals surface area contributed by atoms with E-state index in [4.69, 9.17) is 0 Å². The normalized spacial score (nSPS) is 14.8. The maximum absolute atomic E-state index is 12.9. The van der Waals surface area contributed by atoms with Gasteiger partial charge in [0, 0.05) is 6.04 Å². The highest BCUT2D eigenvalue weighted by Crippen LogP contribution is 2.26. The second-order valence-corrected chi connectivity index (χ2v) is 8.71. The molecule has 0 spiro atoms. The average molecular weight is 387 g/mol. The van der Waals surface area contributed by atoms with Crippen molar-refractivity contribution < 1.29 is 4.79 Å². The summed E-state index contributed by atoms with van der Waals surface area (Å²) in [4.78, 5) is 30.1. The number of nitrogens with one attached hydrogen (secondary N) is 1. The van der Waals surface area contributed by atoms with Crippen LogP contribution in [0, 0.1) is 17.2 Å². The van der Waals surface area contributed by atoms with Crippen LogP contribution in [0.4, 0.5) is 0 Å². The summed E-state index contributed by atoms with van der Waals surface area (Å²) < 4.78 is 1.61. The molecule has 1 aromatic carbocycles. The summed E-state index contributed by atoms with van der Waals surface area (Å²) in [5.74, 6) is -0.285. The highest BCUT2D eigenvalue weighted by atomic mass is 32.2. The minimum absolute atomic E-state index is 0.0312. The van der Waals surface area contributed by atoms with Crippen LogP contribution < -0.4 is 10.9 Å². The van der Waals surface area contributed by atoms with Crippen LogP contribution in [0.25, 0.3) is 10.9 Å². The Morgan fingerprint density at radius 1 is 1.26 bits per heavy atom. The number of amides is 1. The largest absolute Gasteiger partial charge is 0.337 e. The molecule has 1 aromatic heterocycles. The Bertz CT molecular complexity index is 945. The molecular weight excluding hydrogens is 360 g/mol. The number of para-hydroxylation sites is 1. The van der Waals surface area contributed by atoms with Crippen molar-refractivity contribution in [3.8, 4) is 6.07 Å². The zero-order chi connectivity index (χ0) is 20.4. The fourth-order valence-corrected chi connectivity index (χ4v) is 3.58. The topological polar surface area (TPSA) is 87.8 Å². The van der Waals surface area contributed by atoms with Gasteiger partial charge in [0.1, 0.15) is 5.54 Å². The third kappa shape index (κ3) is 4.33. The fraction of sp³-hybridized carbons (Fsp3) is 0.500. The van der Waals surface area contributed by atoms with Gasteiger partial charge in [0.15, 0.2) is 5.16 Å². The molecule has 2 aromatic rings. The van der Waals surface area contributed by atoms with Crippen molar-refractivity contribution in [3.63, 3.8) is 0 Å². The first-order chi connectivity index (χ1) is 12.6. The number of aromatic nitrogens is 2. The number of carbonyl (C=O) groups is 1. The van der Waals surface area contributed by atoms with Gasteiger partial charge in [0.25, 0.3) is 5.56 Å². The molecule has 2 rings (SSSR count). The van der Waals surface area contributed by atoms with Crippen LogP contribution in [0.2, 0.25) is 0 Å². The molecule has 0 aliphatic rings. The van der Waals surface area contributed by atoms with E-state index in [9.17, 15) is 14.9 Å². The van der Waals surface area contributed by atoms with Crippen LogP contribution in [-0.4, -0.2) is 26.2 Å². The number of nitrogens with zero attached hydrogens (tertiary/aromatic N) is 3. The molecule has 2 atom stereocenters. The first-order valence-electron chi connectivity index (χ1n) is 9.02. The molecule has 0 saturated carbocycles. The summed E-state index contributed by atoms with van der Waals surface area (Å²) in [6.07, 6.45) is 0. The summed E-state index contributed by atoms with van der Waals surface area (Å²) in [5.41, 5.74) is -0.450. The van der Waals surface area contributed by atoms with Crippen molar-refractivity contribution in [2.45, 2.75) is 63.5 Å². The fourth-order valence-electron chi connectivity index (χ4n) is 2.53. The summed E-state index contributed by atoms with van der Waals surface area (Å²) in [5, 5.41) is 12.8. The van der Waals surface area contributed by atoms with Crippen molar-refractivity contribution in [3.05, 3.63) is 34.6 Å². The number of thioether (sulfide) groups is 1. The summed E-state index contributed by atoms with van der Waals surface area (Å²) in [7, 11) is 0. The van der Waals surface area contributed by atoms with Crippen LogP contribution in [0.5, 0.6) is 0 Å². The minimum atomic E-state index is -0.944. The molecular formula is C20H26N4O2S. The van der Waals surface area contributed by atoms with Gasteiger partial charge in [0.2, 0.25) is 5.91 Å². The number of fused-ring (bicyclic) bond motifs is 1. The van der Waals surface area contributed by atoms with Crippen LogP contribution in [-0.2, 0) is 4.79 Å². The van der Waals surface area contributed by atoms with E-state index in [1.54, 1.807) is 30.5 Å². The Kier molecular flexibility index (Phi) is 6.32. The first kappa shape index (κ1) is 21.0. The lowest BCUT2D eigenvalue weighted by atomic mass is 9.90. The van der Waals surface area contributed by atoms with Crippen LogP contribution >= 0.6 is 11.8 Å². The molecule has 144 valence electrons. The van der Waals surface area contributed by atoms with Gasteiger partial charge in [-0.15, -0.1) is 0 Å². The summed E-state index contributed by atoms with van der Waals surface area (Å²) in [6.45, 7) is 11.1. The van der Waals surface area contributed by atoms with E-state index in [0.29, 0.717) is 16.1 Å². The lowest BCUT2D eigenvalue weighted by Crippen LogP contribution is -2.51. The van der Waals surface area contributed by atoms with Gasteiger partial charge in [-0.25, -0.2) is 4.98 Å². The Hall–Kier alpha value is -2.33. The molecule has 1 amide bonds. The van der Waals surface area contributed by atoms with Crippen LogP contribution in [0.15, 0.2) is 34.2 Å². The number of hydrogen-bond donors (Lipinski definition) is 1. The number of nitriles is 1. The van der Waals surface area contributed by atoms with Gasteiger partial charge in [-0.2, -0.15) is 5.26 Å². The second-order valence-electron chi connectivity index (χ2n) is 7.40. The number of benzene rings is 1. The third-order valence-electron chi connectivity index (χ3n) is 4.71. The first-order valence-corrected chi connectivity index (χ1v) is 9.90. The van der Waals surface area contributed by atoms with Crippen molar-refractivity contribution in [2.24, 2.45) is 5.92 Å². The maximum atomic E-state index is 12.9. The van der Waals surface area contributed by atoms with Crippen molar-refractivity contribution in [1.29, 1.82) is 5.26 Å². The zero-order valence-corrected chi connectivity index (χ0v) is 17.4. The van der Waals surface area contributed by atoms with E-state index >= 15 is 0 Å². The van der Waals surface area contributed by atoms with Gasteiger partial charge < -0.3 is 5.32 Å². The van der Waals surface area contributed by atoms with Crippen molar-refractivity contribution in [1.82, 2.24) is 14.9 Å². The number of hydrogen-bond acceptors (Lipinski definition) is 5. The molecule has 2 unspecified atom stereocenters. The van der Waals surface area contributed by atoms with E-state index in [1.807, 2.05) is 39.8 Å². The lowest BCUT2D eigenvalue weighted by Gasteiger charge is -2.28. The molecule has 0 radical (unpaired) electrons. The van der Waals surface area contributed by atoms with E-state index in [-0.39, 0.29) is 23.4 Å². The molecule has 0 saturated heterocycles. The van der Waals surface area contributed by atoms with E-state index in [0.717, 1.165) is 0 Å². The lowest BCUT2D eigenvalue weighted by molar-refractivity contribution is -0.121. The minimum Gasteiger partial charge on any atom is -0.337 e. The van der Waals surface area contributed by atoms with Gasteiger partial charge in [-0.05, 0) is 45.7 Å². The highest BCUT2D eigenvalue weighted by molar-refractivity contribution is 8.00. The predicted molar refractivity (Wildman–Crippen MR) is 109 cm³/mol. The predicted octanol–water partition coefficient (Wildman–Crippen LogP) is 3.51. The molecule has 1 heterocycles. The third-order valence-corrected chi connectivity index (χ3v) is 5.78. The van der Waals surface area contributed by atoms with Gasteiger partial charge in [-0.3, -0.25) is 14.2 Å². The molecule has 0 bridgehead atoms. The Labute approximate surface area is 164 Å². The van der Waals surface area contributed by atoms with Gasteiger partial charge >= 0.3 is 0 Å². The van der Waals surface area contributed by atoms with E-state index in [1.165, 1.54) is 11.8 Å². The van der Waals surface area contributed by atoms with E-state index in [2.05, 4.69) is 16.4 Å². The number of rotatable bonds is 6. The number of carbonyl (C=O) groups excluding carboxylic acids is 1. The van der Waals surface area contributed by atoms with Crippen molar-refractivity contribution >= 4 is 28.6 Å². The summed E-state index contributed by atoms with van der Waals surface area (Å²) in [6, 6.07) is 9.29. The monoisotopic (exact) mass is 386 g/mol. The Balaban J connectivity index is 2.37. The van der Waals surface area contributed by atoms with E-state index < -0.39 is 10.8 Å². The standard InChI is InChI=1S/C20H26N4O2S/c1-12(2)20(6,11-21)23-17(25)14(5)27-19-22-16-10-8-7-9-15(16)18(26)24(19)13(3)4/h7-10,12-14H,1-6H3,(H,23,25). The molecule has 0 aliphatic heterocycles. The summed E-state index contributed by atoms with van der Waals surface area (Å²) >= 11 is 1.23. The van der Waals surface area contributed by atoms with Crippen LogP contribution in [0.3, 0.4) is 0 Å². The van der Waals surface area contributed by atoms with Gasteiger partial charge in [-0.1, -0.05) is 37.7 Å². The molecule has 27 heavy (non-hydrogen) atoms. The molecule has 1 N–H and O–H groups in total. The zero-order valence-electron chi connectivity index (χ0n) is 16.6. The Morgan fingerprint density at radius 3 is 2.44 bits per heavy atom. The van der Waals surface area contributed by atoms with Crippen LogP contribution in [0.1, 0.15) is 47.6 Å². The van der Waals surface area contributed by atoms with Gasteiger partial charge in [0.05, 0.1) is 22.2 Å².